The van der Waals surface area contributed by atoms with Crippen LogP contribution < -0.4 is 16.0 Å². The first kappa shape index (κ1) is 14.7. The van der Waals surface area contributed by atoms with E-state index < -0.39 is 6.03 Å². The fourth-order valence-electron chi connectivity index (χ4n) is 1.75. The van der Waals surface area contributed by atoms with Crippen LogP contribution in [-0.4, -0.2) is 25.0 Å². The highest BCUT2D eigenvalue weighted by Gasteiger charge is 2.21. The maximum Gasteiger partial charge on any atom is 0.319 e. The molecule has 5 nitrogen and oxygen atoms in total. The molecule has 0 atom stereocenters. The molecule has 0 bridgehead atoms. The number of amides is 3. The van der Waals surface area contributed by atoms with Crippen LogP contribution in [0.1, 0.15) is 18.4 Å². The topological polar surface area (TPSA) is 70.2 Å². The van der Waals surface area contributed by atoms with Crippen molar-refractivity contribution in [2.24, 2.45) is 5.92 Å². The number of urea groups is 1. The molecule has 1 aliphatic carbocycles. The Balaban J connectivity index is 1.75. The van der Waals surface area contributed by atoms with Gasteiger partial charge in [0.05, 0.1) is 17.3 Å². The zero-order valence-electron chi connectivity index (χ0n) is 11.3. The second-order valence-corrected chi connectivity index (χ2v) is 5.39. The molecule has 6 heteroatoms. The second kappa shape index (κ2) is 6.61. The van der Waals surface area contributed by atoms with Gasteiger partial charge in [-0.2, -0.15) is 0 Å². The number of hydrogen-bond donors (Lipinski definition) is 3. The lowest BCUT2D eigenvalue weighted by atomic mass is 10.2. The zero-order chi connectivity index (χ0) is 14.5. The first-order valence-corrected chi connectivity index (χ1v) is 7.00. The summed E-state index contributed by atoms with van der Waals surface area (Å²) in [7, 11) is 0. The summed E-state index contributed by atoms with van der Waals surface area (Å²) in [6.07, 6.45) is 2.36. The number of nitrogens with one attached hydrogen (secondary N) is 3. The summed E-state index contributed by atoms with van der Waals surface area (Å²) in [4.78, 5) is 23.2. The molecular formula is C14H18ClN3O2. The number of halogens is 1. The Hall–Kier alpha value is -1.75. The Bertz CT molecular complexity index is 495. The van der Waals surface area contributed by atoms with Crippen molar-refractivity contribution in [1.82, 2.24) is 10.6 Å². The number of hydrogen-bond acceptors (Lipinski definition) is 2. The number of para-hydroxylation sites is 1. The molecule has 0 unspecified atom stereocenters. The molecule has 0 heterocycles. The second-order valence-electron chi connectivity index (χ2n) is 4.99. The third kappa shape index (κ3) is 4.42. The van der Waals surface area contributed by atoms with Crippen LogP contribution in [0.3, 0.4) is 0 Å². The van der Waals surface area contributed by atoms with Gasteiger partial charge in [0, 0.05) is 6.54 Å². The highest BCUT2D eigenvalue weighted by atomic mass is 35.5. The van der Waals surface area contributed by atoms with Crippen molar-refractivity contribution in [2.45, 2.75) is 19.8 Å². The summed E-state index contributed by atoms with van der Waals surface area (Å²) in [5, 5.41) is 8.41. The SMILES string of the molecule is Cc1cccc(Cl)c1NC(=O)NCC(=O)NCC1CC1. The lowest BCUT2D eigenvalue weighted by Gasteiger charge is -2.11. The first-order chi connectivity index (χ1) is 9.56. The van der Waals surface area contributed by atoms with Gasteiger partial charge >= 0.3 is 6.03 Å². The van der Waals surface area contributed by atoms with Crippen molar-refractivity contribution in [2.75, 3.05) is 18.4 Å². The van der Waals surface area contributed by atoms with Gasteiger partial charge in [-0.15, -0.1) is 0 Å². The van der Waals surface area contributed by atoms with E-state index in [4.69, 9.17) is 11.6 Å². The Morgan fingerprint density at radius 1 is 1.30 bits per heavy atom. The molecule has 0 aromatic heterocycles. The predicted molar refractivity (Wildman–Crippen MR) is 78.9 cm³/mol. The highest BCUT2D eigenvalue weighted by molar-refractivity contribution is 6.33. The molecule has 0 radical (unpaired) electrons. The summed E-state index contributed by atoms with van der Waals surface area (Å²) in [6.45, 7) is 2.51. The average Bonchev–Trinajstić information content (AvgIpc) is 3.22. The third-order valence-electron chi connectivity index (χ3n) is 3.15. The lowest BCUT2D eigenvalue weighted by Crippen LogP contribution is -2.39. The lowest BCUT2D eigenvalue weighted by molar-refractivity contribution is -0.120. The van der Waals surface area contributed by atoms with Crippen molar-refractivity contribution in [3.8, 4) is 0 Å². The Kier molecular flexibility index (Phi) is 4.84. The van der Waals surface area contributed by atoms with E-state index in [9.17, 15) is 9.59 Å². The maximum absolute atomic E-state index is 11.7. The van der Waals surface area contributed by atoms with Crippen LogP contribution in [0.4, 0.5) is 10.5 Å². The Morgan fingerprint density at radius 2 is 2.05 bits per heavy atom. The molecule has 2 rings (SSSR count). The molecule has 0 saturated heterocycles. The van der Waals surface area contributed by atoms with Crippen LogP contribution in [-0.2, 0) is 4.79 Å². The Morgan fingerprint density at radius 3 is 2.70 bits per heavy atom. The third-order valence-corrected chi connectivity index (χ3v) is 3.47. The van der Waals surface area contributed by atoms with Gasteiger partial charge < -0.3 is 16.0 Å². The van der Waals surface area contributed by atoms with Crippen molar-refractivity contribution >= 4 is 29.2 Å². The van der Waals surface area contributed by atoms with Crippen LogP contribution in [0, 0.1) is 12.8 Å². The van der Waals surface area contributed by atoms with E-state index in [0.717, 1.165) is 5.56 Å². The van der Waals surface area contributed by atoms with E-state index in [1.54, 1.807) is 6.07 Å². The van der Waals surface area contributed by atoms with Gasteiger partial charge in [0.25, 0.3) is 0 Å². The van der Waals surface area contributed by atoms with Crippen LogP contribution in [0.2, 0.25) is 5.02 Å². The number of carbonyl (C=O) groups excluding carboxylic acids is 2. The fraction of sp³-hybridized carbons (Fsp3) is 0.429. The van der Waals surface area contributed by atoms with E-state index in [1.807, 2.05) is 19.1 Å². The van der Waals surface area contributed by atoms with Crippen LogP contribution >= 0.6 is 11.6 Å². The fourth-order valence-corrected chi connectivity index (χ4v) is 2.02. The molecule has 3 amide bonds. The van der Waals surface area contributed by atoms with E-state index in [1.165, 1.54) is 12.8 Å². The summed E-state index contributed by atoms with van der Waals surface area (Å²) >= 11 is 6.01. The van der Waals surface area contributed by atoms with Gasteiger partial charge in [0.15, 0.2) is 0 Å². The van der Waals surface area contributed by atoms with Crippen molar-refractivity contribution < 1.29 is 9.59 Å². The highest BCUT2D eigenvalue weighted by Crippen LogP contribution is 2.27. The van der Waals surface area contributed by atoms with Crippen molar-refractivity contribution in [3.63, 3.8) is 0 Å². The van der Waals surface area contributed by atoms with Crippen molar-refractivity contribution in [1.29, 1.82) is 0 Å². The number of rotatable bonds is 5. The normalized spacial score (nSPS) is 13.7. The van der Waals surface area contributed by atoms with E-state index in [2.05, 4.69) is 16.0 Å². The molecule has 1 fully saturated rings. The number of benzene rings is 1. The summed E-state index contributed by atoms with van der Waals surface area (Å²) < 4.78 is 0. The van der Waals surface area contributed by atoms with Crippen LogP contribution in [0.25, 0.3) is 0 Å². The van der Waals surface area contributed by atoms with Gasteiger partial charge in [-0.05, 0) is 37.3 Å². The van der Waals surface area contributed by atoms with Gasteiger partial charge in [-0.3, -0.25) is 4.79 Å². The monoisotopic (exact) mass is 295 g/mol. The molecule has 0 aliphatic heterocycles. The summed E-state index contributed by atoms with van der Waals surface area (Å²) in [5.41, 5.74) is 1.43. The molecular weight excluding hydrogens is 278 g/mol. The van der Waals surface area contributed by atoms with Crippen LogP contribution in [0.15, 0.2) is 18.2 Å². The largest absolute Gasteiger partial charge is 0.354 e. The van der Waals surface area contributed by atoms with E-state index in [0.29, 0.717) is 23.2 Å². The van der Waals surface area contributed by atoms with Crippen LogP contribution in [0.5, 0.6) is 0 Å². The molecule has 1 aliphatic rings. The number of carbonyl (C=O) groups is 2. The predicted octanol–water partition coefficient (Wildman–Crippen LogP) is 2.30. The first-order valence-electron chi connectivity index (χ1n) is 6.63. The smallest absolute Gasteiger partial charge is 0.319 e. The number of aryl methyl sites for hydroxylation is 1. The molecule has 1 aromatic rings. The minimum absolute atomic E-state index is 0.0396. The molecule has 1 saturated carbocycles. The van der Waals surface area contributed by atoms with Crippen molar-refractivity contribution in [3.05, 3.63) is 28.8 Å². The van der Waals surface area contributed by atoms with Gasteiger partial charge in [0.1, 0.15) is 0 Å². The van der Waals surface area contributed by atoms with Gasteiger partial charge in [0.2, 0.25) is 5.91 Å². The molecule has 20 heavy (non-hydrogen) atoms. The molecule has 3 N–H and O–H groups in total. The van der Waals surface area contributed by atoms with E-state index >= 15 is 0 Å². The average molecular weight is 296 g/mol. The summed E-state index contributed by atoms with van der Waals surface area (Å²) in [5.74, 6) is 0.446. The quantitative estimate of drug-likeness (QED) is 0.780. The molecule has 0 spiro atoms. The maximum atomic E-state index is 11.7. The standard InChI is InChI=1S/C14H18ClN3O2/c1-9-3-2-4-11(15)13(9)18-14(20)17-8-12(19)16-7-10-5-6-10/h2-4,10H,5-8H2,1H3,(H,16,19)(H2,17,18,20). The Labute approximate surface area is 123 Å². The minimum Gasteiger partial charge on any atom is -0.354 e. The minimum atomic E-state index is -0.442. The van der Waals surface area contributed by atoms with E-state index in [-0.39, 0.29) is 12.5 Å². The molecule has 1 aromatic carbocycles. The molecule has 108 valence electrons. The zero-order valence-corrected chi connectivity index (χ0v) is 12.1. The number of anilines is 1. The van der Waals surface area contributed by atoms with Gasteiger partial charge in [-0.1, -0.05) is 23.7 Å². The summed E-state index contributed by atoms with van der Waals surface area (Å²) in [6, 6.07) is 4.92. The van der Waals surface area contributed by atoms with Gasteiger partial charge in [-0.25, -0.2) is 4.79 Å².